The van der Waals surface area contributed by atoms with Crippen molar-refractivity contribution in [3.8, 4) is 0 Å². The Kier molecular flexibility index (Phi) is 5.77. The predicted octanol–water partition coefficient (Wildman–Crippen LogP) is 4.79. The zero-order chi connectivity index (χ0) is 19.2. The van der Waals surface area contributed by atoms with Crippen LogP contribution in [0.3, 0.4) is 0 Å². The summed E-state index contributed by atoms with van der Waals surface area (Å²) in [5.74, 6) is -0.155. The molecule has 3 heteroatoms. The predicted molar refractivity (Wildman–Crippen MR) is 117 cm³/mol. The van der Waals surface area contributed by atoms with Gasteiger partial charge in [0.1, 0.15) is 0 Å². The monoisotopic (exact) mass is 378 g/mol. The Morgan fingerprint density at radius 3 is 1.37 bits per heavy atom. The normalized spacial score (nSPS) is 12.7. The van der Waals surface area contributed by atoms with Crippen molar-refractivity contribution in [1.82, 2.24) is 0 Å². The van der Waals surface area contributed by atoms with Crippen LogP contribution in [0.1, 0.15) is 26.7 Å². The van der Waals surface area contributed by atoms with E-state index in [1.165, 1.54) is 0 Å². The Morgan fingerprint density at radius 1 is 0.704 bits per heavy atom. The van der Waals surface area contributed by atoms with Crippen molar-refractivity contribution >= 4 is 28.7 Å². The first-order chi connectivity index (χ1) is 13.2. The Hall–Kier alpha value is -2.44. The van der Waals surface area contributed by atoms with Crippen molar-refractivity contribution in [2.75, 3.05) is 6.16 Å². The second-order valence-corrected chi connectivity index (χ2v) is 11.4. The van der Waals surface area contributed by atoms with Gasteiger partial charge in [0.05, 0.1) is 0 Å². The summed E-state index contributed by atoms with van der Waals surface area (Å²) >= 11 is 0. The van der Waals surface area contributed by atoms with Crippen LogP contribution < -0.4 is 15.9 Å². The van der Waals surface area contributed by atoms with E-state index in [-0.39, 0.29) is 5.97 Å². The molecule has 0 spiro atoms. The summed E-state index contributed by atoms with van der Waals surface area (Å²) in [7, 11) is 0. The molecule has 0 saturated heterocycles. The molecule has 0 aliphatic rings. The topological polar surface area (TPSA) is 26.3 Å². The van der Waals surface area contributed by atoms with E-state index >= 15 is 0 Å². The zero-order valence-electron chi connectivity index (χ0n) is 16.0. The molecule has 0 unspecified atom stereocenters. The third kappa shape index (κ3) is 3.19. The number of carbonyl (C=O) groups excluding carboxylic acids is 1. The van der Waals surface area contributed by atoms with E-state index in [9.17, 15) is 4.79 Å². The summed E-state index contributed by atoms with van der Waals surface area (Å²) in [6.07, 6.45) is 2.05. The van der Waals surface area contributed by atoms with Crippen LogP contribution in [0, 0.1) is 0 Å². The van der Waals surface area contributed by atoms with Gasteiger partial charge in [-0.15, -0.1) is 0 Å². The average Bonchev–Trinajstić information content (AvgIpc) is 2.75. The molecule has 0 bridgehead atoms. The first-order valence-corrected chi connectivity index (χ1v) is 11.9. The van der Waals surface area contributed by atoms with E-state index in [2.05, 4.69) is 43.3 Å². The van der Waals surface area contributed by atoms with Crippen molar-refractivity contribution in [1.29, 1.82) is 0 Å². The van der Waals surface area contributed by atoms with Crippen molar-refractivity contribution in [2.45, 2.75) is 26.7 Å². The second-order valence-electron chi connectivity index (χ2n) is 6.76. The summed E-state index contributed by atoms with van der Waals surface area (Å²) in [5.41, 5.74) is 0. The summed E-state index contributed by atoms with van der Waals surface area (Å²) in [6.45, 7) is 0.602. The molecule has 0 aliphatic heterocycles. The number of carbonyl (C=O) groups is 1. The van der Waals surface area contributed by atoms with Crippen LogP contribution >= 0.6 is 6.83 Å². The molecule has 0 atom stereocenters. The first-order valence-electron chi connectivity index (χ1n) is 9.58. The van der Waals surface area contributed by atoms with Gasteiger partial charge in [-0.1, -0.05) is 0 Å². The number of hydrogen-bond acceptors (Lipinski definition) is 2. The van der Waals surface area contributed by atoms with Crippen molar-refractivity contribution in [3.05, 3.63) is 91.0 Å². The van der Waals surface area contributed by atoms with Crippen LogP contribution in [-0.4, -0.2) is 12.1 Å². The average molecular weight is 378 g/mol. The van der Waals surface area contributed by atoms with Crippen LogP contribution in [0.5, 0.6) is 0 Å². The van der Waals surface area contributed by atoms with Gasteiger partial charge in [-0.05, 0) is 0 Å². The van der Waals surface area contributed by atoms with Gasteiger partial charge in [0.2, 0.25) is 0 Å². The molecule has 0 amide bonds. The fraction of sp³-hybridized carbons (Fsp3) is 0.208. The first kappa shape index (κ1) is 19.3. The van der Waals surface area contributed by atoms with Gasteiger partial charge in [-0.2, -0.15) is 0 Å². The van der Waals surface area contributed by atoms with Gasteiger partial charge in [0.25, 0.3) is 0 Å². The molecule has 0 aromatic heterocycles. The van der Waals surface area contributed by atoms with E-state index in [1.54, 1.807) is 0 Å². The van der Waals surface area contributed by atoms with Crippen LogP contribution in [0.2, 0.25) is 0 Å². The van der Waals surface area contributed by atoms with Crippen molar-refractivity contribution < 1.29 is 9.32 Å². The molecule has 3 aromatic carbocycles. The molecule has 27 heavy (non-hydrogen) atoms. The van der Waals surface area contributed by atoms with Gasteiger partial charge in [0, 0.05) is 0 Å². The Labute approximate surface area is 162 Å². The van der Waals surface area contributed by atoms with E-state index in [4.69, 9.17) is 4.52 Å². The minimum absolute atomic E-state index is 0.155. The van der Waals surface area contributed by atoms with E-state index < -0.39 is 6.83 Å². The maximum absolute atomic E-state index is 12.8. The minimum atomic E-state index is -3.42. The van der Waals surface area contributed by atoms with Gasteiger partial charge in [-0.25, -0.2) is 0 Å². The molecular weight excluding hydrogens is 351 g/mol. The molecular formula is C24H27O2P. The third-order valence-corrected chi connectivity index (χ3v) is 11.2. The Bertz CT molecular complexity index is 777. The summed E-state index contributed by atoms with van der Waals surface area (Å²) in [6, 6.07) is 31.0. The van der Waals surface area contributed by atoms with E-state index in [0.29, 0.717) is 6.42 Å². The Morgan fingerprint density at radius 2 is 1.07 bits per heavy atom. The fourth-order valence-corrected chi connectivity index (χ4v) is 9.90. The summed E-state index contributed by atoms with van der Waals surface area (Å²) in [5, 5.41) is 3.30. The van der Waals surface area contributed by atoms with Gasteiger partial charge < -0.3 is 0 Å². The quantitative estimate of drug-likeness (QED) is 0.553. The standard InChI is InChI=1S/C24H27O2P/c1-3-20-27(26-24(25)4-2,21-14-8-5-9-15-21,22-16-10-6-11-17-22)23-18-12-7-13-19-23/h5-19H,3-4,20H2,1-2H3. The molecule has 3 rings (SSSR count). The second kappa shape index (κ2) is 8.06. The molecule has 0 radical (unpaired) electrons. The summed E-state index contributed by atoms with van der Waals surface area (Å²) in [4.78, 5) is 12.8. The zero-order valence-corrected chi connectivity index (χ0v) is 16.9. The third-order valence-electron chi connectivity index (χ3n) is 5.15. The van der Waals surface area contributed by atoms with Crippen LogP contribution in [0.15, 0.2) is 91.0 Å². The molecule has 140 valence electrons. The van der Waals surface area contributed by atoms with Gasteiger partial charge >= 0.3 is 162 Å². The molecule has 0 N–H and O–H groups in total. The van der Waals surface area contributed by atoms with E-state index in [0.717, 1.165) is 28.5 Å². The molecule has 0 aliphatic carbocycles. The van der Waals surface area contributed by atoms with Crippen molar-refractivity contribution in [3.63, 3.8) is 0 Å². The molecule has 0 heterocycles. The molecule has 0 saturated carbocycles. The van der Waals surface area contributed by atoms with Crippen LogP contribution in [0.4, 0.5) is 0 Å². The summed E-state index contributed by atoms with van der Waals surface area (Å²) < 4.78 is 6.67. The van der Waals surface area contributed by atoms with Gasteiger partial charge in [0.15, 0.2) is 0 Å². The van der Waals surface area contributed by atoms with Crippen LogP contribution in [0.25, 0.3) is 0 Å². The molecule has 0 fully saturated rings. The van der Waals surface area contributed by atoms with Crippen LogP contribution in [-0.2, 0) is 9.32 Å². The number of rotatable bonds is 7. The number of hydrogen-bond donors (Lipinski definition) is 0. The van der Waals surface area contributed by atoms with E-state index in [1.807, 2.05) is 61.5 Å². The maximum atomic E-state index is 12.8. The number of benzene rings is 3. The molecule has 3 aromatic rings. The molecule has 2 nitrogen and oxygen atoms in total. The van der Waals surface area contributed by atoms with Crippen molar-refractivity contribution in [2.24, 2.45) is 0 Å². The fourth-order valence-electron chi connectivity index (χ4n) is 3.98. The SMILES string of the molecule is CCCP(OC(=O)CC)(c1ccccc1)(c1ccccc1)c1ccccc1. The Balaban J connectivity index is 2.50. The van der Waals surface area contributed by atoms with Gasteiger partial charge in [-0.3, -0.25) is 0 Å².